The molecule has 1 aliphatic carbocycles. The zero-order valence-electron chi connectivity index (χ0n) is 24.3. The Hall–Kier alpha value is -2.77. The molecule has 1 aliphatic rings. The molecule has 2 atom stereocenters. The molecule has 3 rings (SSSR count). The molecule has 1 fully saturated rings. The fraction of sp³-hybridized carbons (Fsp3) is 0.529. The quantitative estimate of drug-likeness (QED) is 0.205. The van der Waals surface area contributed by atoms with Crippen molar-refractivity contribution in [2.75, 3.05) is 0 Å². The predicted octanol–water partition coefficient (Wildman–Crippen LogP) is 9.40. The average molecular weight is 503 g/mol. The van der Waals surface area contributed by atoms with E-state index in [2.05, 4.69) is 85.0 Å². The van der Waals surface area contributed by atoms with E-state index in [0.29, 0.717) is 11.7 Å². The van der Waals surface area contributed by atoms with Gasteiger partial charge in [0.25, 0.3) is 0 Å². The summed E-state index contributed by atoms with van der Waals surface area (Å²) >= 11 is 0. The maximum absolute atomic E-state index is 13.1. The third-order valence-electron chi connectivity index (χ3n) is 7.55. The summed E-state index contributed by atoms with van der Waals surface area (Å²) in [6.07, 6.45) is 5.91. The second-order valence-electron chi connectivity index (χ2n) is 12.4. The molecule has 3 heteroatoms. The second kappa shape index (κ2) is 11.7. The van der Waals surface area contributed by atoms with E-state index >= 15 is 0 Å². The minimum atomic E-state index is -0.183. The van der Waals surface area contributed by atoms with Gasteiger partial charge in [0, 0.05) is 0 Å². The van der Waals surface area contributed by atoms with Crippen LogP contribution in [0.1, 0.15) is 91.2 Å². The number of hydrogen-bond donors (Lipinski definition) is 0. The first-order valence-electron chi connectivity index (χ1n) is 13.9. The van der Waals surface area contributed by atoms with Gasteiger partial charge in [-0.25, -0.2) is 0 Å². The molecule has 2 aromatic rings. The Kier molecular flexibility index (Phi) is 9.13. The van der Waals surface area contributed by atoms with Crippen LogP contribution in [0, 0.1) is 31.1 Å². The van der Waals surface area contributed by atoms with E-state index in [1.54, 1.807) is 0 Å². The molecule has 1 unspecified atom stereocenters. The van der Waals surface area contributed by atoms with E-state index in [0.717, 1.165) is 66.5 Å². The number of rotatable bonds is 8. The molecular formula is C34H46O3. The van der Waals surface area contributed by atoms with E-state index in [4.69, 9.17) is 9.47 Å². The summed E-state index contributed by atoms with van der Waals surface area (Å²) in [5, 5.41) is 0. The van der Waals surface area contributed by atoms with Crippen molar-refractivity contribution in [1.82, 2.24) is 0 Å². The second-order valence-corrected chi connectivity index (χ2v) is 12.4. The Labute approximate surface area is 225 Å². The first kappa shape index (κ1) is 28.8. The molecule has 0 bridgehead atoms. The van der Waals surface area contributed by atoms with Gasteiger partial charge in [0.2, 0.25) is 0 Å². The van der Waals surface area contributed by atoms with Crippen molar-refractivity contribution in [2.24, 2.45) is 17.3 Å². The number of ether oxygens (including phenoxy) is 2. The first-order chi connectivity index (χ1) is 17.3. The molecule has 37 heavy (non-hydrogen) atoms. The number of carbonyl (C=O) groups excluding carboxylic acids is 1. The molecule has 0 saturated heterocycles. The third kappa shape index (κ3) is 7.39. The minimum Gasteiger partial charge on any atom is -0.488 e. The molecule has 2 aromatic carbocycles. The number of aryl methyl sites for hydroxylation is 2. The van der Waals surface area contributed by atoms with Crippen LogP contribution in [0.25, 0.3) is 11.1 Å². The molecule has 0 radical (unpaired) electrons. The Morgan fingerprint density at radius 3 is 2.03 bits per heavy atom. The maximum Gasteiger partial charge on any atom is 0.314 e. The van der Waals surface area contributed by atoms with E-state index < -0.39 is 0 Å². The Morgan fingerprint density at radius 2 is 1.51 bits per heavy atom. The van der Waals surface area contributed by atoms with Gasteiger partial charge in [-0.1, -0.05) is 59.2 Å². The Balaban J connectivity index is 1.71. The van der Waals surface area contributed by atoms with Crippen LogP contribution in [0.15, 0.2) is 54.3 Å². The number of benzene rings is 2. The smallest absolute Gasteiger partial charge is 0.314 e. The molecule has 0 spiro atoms. The van der Waals surface area contributed by atoms with Crippen molar-refractivity contribution >= 4 is 5.97 Å². The van der Waals surface area contributed by atoms with Crippen LogP contribution >= 0.6 is 0 Å². The predicted molar refractivity (Wildman–Crippen MR) is 154 cm³/mol. The monoisotopic (exact) mass is 502 g/mol. The van der Waals surface area contributed by atoms with Crippen molar-refractivity contribution < 1.29 is 14.3 Å². The molecule has 0 aromatic heterocycles. The largest absolute Gasteiger partial charge is 0.488 e. The van der Waals surface area contributed by atoms with Gasteiger partial charge in [-0.2, -0.15) is 0 Å². The van der Waals surface area contributed by atoms with Crippen LogP contribution in [0.3, 0.4) is 0 Å². The summed E-state index contributed by atoms with van der Waals surface area (Å²) in [5.41, 5.74) is 8.54. The van der Waals surface area contributed by atoms with Gasteiger partial charge >= 0.3 is 5.97 Å². The molecular weight excluding hydrogens is 456 g/mol. The van der Waals surface area contributed by atoms with Gasteiger partial charge in [0.1, 0.15) is 17.1 Å². The van der Waals surface area contributed by atoms with E-state index in [1.807, 2.05) is 19.1 Å². The molecule has 0 heterocycles. The lowest BCUT2D eigenvalue weighted by Crippen LogP contribution is -2.29. The molecule has 200 valence electrons. The third-order valence-corrected chi connectivity index (χ3v) is 7.55. The molecule has 3 nitrogen and oxygen atoms in total. The normalized spacial score (nSPS) is 18.2. The fourth-order valence-corrected chi connectivity index (χ4v) is 5.72. The number of allylic oxidation sites excluding steroid dienone is 1. The molecule has 0 N–H and O–H groups in total. The first-order valence-corrected chi connectivity index (χ1v) is 13.9. The molecule has 1 saturated carbocycles. The van der Waals surface area contributed by atoms with E-state index in [-0.39, 0.29) is 22.9 Å². The van der Waals surface area contributed by atoms with Gasteiger partial charge < -0.3 is 9.47 Å². The Morgan fingerprint density at radius 1 is 0.946 bits per heavy atom. The van der Waals surface area contributed by atoms with E-state index in [1.165, 1.54) is 5.57 Å². The number of esters is 1. The summed E-state index contributed by atoms with van der Waals surface area (Å²) in [5.74, 6) is 1.70. The number of carbonyl (C=O) groups is 1. The van der Waals surface area contributed by atoms with Gasteiger partial charge in [0.15, 0.2) is 0 Å². The van der Waals surface area contributed by atoms with E-state index in [9.17, 15) is 4.79 Å². The lowest BCUT2D eigenvalue weighted by molar-refractivity contribution is -0.140. The minimum absolute atomic E-state index is 0.0129. The van der Waals surface area contributed by atoms with Crippen LogP contribution in [-0.2, 0) is 4.79 Å². The van der Waals surface area contributed by atoms with Crippen molar-refractivity contribution in [3.8, 4) is 22.6 Å². The summed E-state index contributed by atoms with van der Waals surface area (Å²) in [6, 6.07) is 12.4. The summed E-state index contributed by atoms with van der Waals surface area (Å²) in [4.78, 5) is 13.1. The summed E-state index contributed by atoms with van der Waals surface area (Å²) < 4.78 is 12.2. The molecule has 0 aliphatic heterocycles. The van der Waals surface area contributed by atoms with Gasteiger partial charge in [-0.15, -0.1) is 5.73 Å². The Bertz CT molecular complexity index is 1160. The van der Waals surface area contributed by atoms with Gasteiger partial charge in [0.05, 0.1) is 5.92 Å². The van der Waals surface area contributed by atoms with Crippen molar-refractivity contribution in [2.45, 2.75) is 99.5 Å². The number of hydrogen-bond acceptors (Lipinski definition) is 3. The zero-order chi connectivity index (χ0) is 27.4. The van der Waals surface area contributed by atoms with Crippen LogP contribution in [0.2, 0.25) is 0 Å². The van der Waals surface area contributed by atoms with Gasteiger partial charge in [-0.05, 0) is 117 Å². The van der Waals surface area contributed by atoms with Crippen LogP contribution < -0.4 is 9.47 Å². The average Bonchev–Trinajstić information content (AvgIpc) is 2.81. The standard InChI is InChI=1S/C34H46O3/c1-10-19-34(8,9)37-31-18-16-26(21-24(31)4)25-15-17-30(23(3)20-25)36-32(35)28-14-12-13-27(22-28)29(11-2)33(5,6)7/h15-18,20-21,27-28H,2,10,12-14,19,22H2,1,3-9H3/t27?,28-/m1/s1. The highest BCUT2D eigenvalue weighted by molar-refractivity contribution is 5.76. The van der Waals surface area contributed by atoms with Crippen molar-refractivity contribution in [3.63, 3.8) is 0 Å². The summed E-state index contributed by atoms with van der Waals surface area (Å²) in [6.45, 7) is 21.1. The topological polar surface area (TPSA) is 35.5 Å². The van der Waals surface area contributed by atoms with Crippen molar-refractivity contribution in [3.05, 3.63) is 65.4 Å². The zero-order valence-corrected chi connectivity index (χ0v) is 24.3. The highest BCUT2D eigenvalue weighted by Crippen LogP contribution is 2.41. The molecule has 0 amide bonds. The van der Waals surface area contributed by atoms with Crippen molar-refractivity contribution in [1.29, 1.82) is 0 Å². The highest BCUT2D eigenvalue weighted by atomic mass is 16.5. The fourth-order valence-electron chi connectivity index (χ4n) is 5.72. The van der Waals surface area contributed by atoms with Crippen LogP contribution in [-0.4, -0.2) is 11.6 Å². The highest BCUT2D eigenvalue weighted by Gasteiger charge is 2.34. The van der Waals surface area contributed by atoms with Gasteiger partial charge in [-0.3, -0.25) is 4.79 Å². The van der Waals surface area contributed by atoms with Crippen LogP contribution in [0.4, 0.5) is 0 Å². The lowest BCUT2D eigenvalue weighted by atomic mass is 9.70. The maximum atomic E-state index is 13.1. The summed E-state index contributed by atoms with van der Waals surface area (Å²) in [7, 11) is 0. The van der Waals surface area contributed by atoms with Crippen LogP contribution in [0.5, 0.6) is 11.5 Å². The lowest BCUT2D eigenvalue weighted by Gasteiger charge is -2.34. The SMILES string of the molecule is C=C=C(C1CCC[C@@H](C(=O)Oc2ccc(-c3ccc(OC(C)(C)CCC)c(C)c3)cc2C)C1)C(C)(C)C.